The molecule has 3 atom stereocenters. The van der Waals surface area contributed by atoms with E-state index in [0.717, 1.165) is 18.4 Å². The number of hydroxylamine groups is 2. The number of ether oxygens (including phenoxy) is 2. The van der Waals surface area contributed by atoms with Crippen LogP contribution in [-0.2, 0) is 20.9 Å². The van der Waals surface area contributed by atoms with Gasteiger partial charge in [0.15, 0.2) is 6.04 Å². The molecule has 1 saturated carbocycles. The van der Waals surface area contributed by atoms with E-state index in [0.29, 0.717) is 13.0 Å². The molecule has 3 heterocycles. The number of hydrogen-bond acceptors (Lipinski definition) is 11. The van der Waals surface area contributed by atoms with Crippen LogP contribution < -0.4 is 10.6 Å². The Morgan fingerprint density at radius 2 is 1.69 bits per heavy atom. The van der Waals surface area contributed by atoms with Crippen LogP contribution in [0.4, 0.5) is 14.4 Å². The Balaban J connectivity index is 1.34. The standard InChI is InChI=1S/C30H41N7O8/c1-28(2,3)44-25(39)32-24(33-26(40)45-29(4,5)6)31-19(16-38)22-34-35-23(43-22)20-14-30(12-13-30)21-15-36(20)27(41)37(21)42-17-18-10-8-7-9-11-18/h7-11,19-21,38H,12-17H2,1-6H3,(H2,31,32,33,39,40)/t19?,20-,21+/m0/s1. The van der Waals surface area contributed by atoms with Gasteiger partial charge in [-0.25, -0.2) is 19.4 Å². The number of carbonyl (C=O) groups is 3. The van der Waals surface area contributed by atoms with Crippen LogP contribution in [0.25, 0.3) is 0 Å². The van der Waals surface area contributed by atoms with Gasteiger partial charge in [0.1, 0.15) is 23.9 Å². The number of urea groups is 1. The van der Waals surface area contributed by atoms with Gasteiger partial charge >= 0.3 is 18.2 Å². The van der Waals surface area contributed by atoms with Gasteiger partial charge in [0.05, 0.1) is 12.6 Å². The number of carbonyl (C=O) groups excluding carboxylic acids is 3. The number of hydrogen-bond donors (Lipinski definition) is 3. The molecule has 15 nitrogen and oxygen atoms in total. The highest BCUT2D eigenvalue weighted by molar-refractivity contribution is 6.01. The molecule has 1 aromatic heterocycles. The number of aromatic nitrogens is 2. The number of fused-ring (bicyclic) bond motifs is 3. The lowest BCUT2D eigenvalue weighted by atomic mass is 9.85. The number of aliphatic hydroxyl groups is 1. The van der Waals surface area contributed by atoms with Crippen molar-refractivity contribution in [2.75, 3.05) is 13.2 Å². The second-order valence-corrected chi connectivity index (χ2v) is 13.5. The van der Waals surface area contributed by atoms with Crippen molar-refractivity contribution in [3.63, 3.8) is 0 Å². The molecule has 3 N–H and O–H groups in total. The van der Waals surface area contributed by atoms with Gasteiger partial charge in [0.2, 0.25) is 17.7 Å². The van der Waals surface area contributed by atoms with Crippen molar-refractivity contribution in [1.29, 1.82) is 0 Å². The zero-order chi connectivity index (χ0) is 32.6. The highest BCUT2D eigenvalue weighted by Gasteiger charge is 2.64. The molecule has 244 valence electrons. The third kappa shape index (κ3) is 7.71. The molecule has 1 aromatic carbocycles. The molecule has 2 bridgehead atoms. The molecule has 1 spiro atoms. The lowest BCUT2D eigenvalue weighted by Crippen LogP contribution is -2.47. The molecule has 2 aromatic rings. The fourth-order valence-electron chi connectivity index (χ4n) is 5.46. The van der Waals surface area contributed by atoms with Crippen molar-refractivity contribution in [3.8, 4) is 0 Å². The van der Waals surface area contributed by atoms with E-state index < -0.39 is 42.1 Å². The van der Waals surface area contributed by atoms with Crippen molar-refractivity contribution in [2.24, 2.45) is 10.4 Å². The summed E-state index contributed by atoms with van der Waals surface area (Å²) in [7, 11) is 0. The van der Waals surface area contributed by atoms with E-state index in [1.54, 1.807) is 46.4 Å². The summed E-state index contributed by atoms with van der Waals surface area (Å²) < 4.78 is 16.6. The number of piperidine rings is 1. The molecule has 2 aliphatic heterocycles. The Morgan fingerprint density at radius 3 is 2.24 bits per heavy atom. The summed E-state index contributed by atoms with van der Waals surface area (Å²) in [6, 6.07) is 7.64. The van der Waals surface area contributed by atoms with Gasteiger partial charge in [-0.05, 0) is 71.8 Å². The van der Waals surface area contributed by atoms with Gasteiger partial charge in [0.25, 0.3) is 0 Å². The highest BCUT2D eigenvalue weighted by Crippen LogP contribution is 2.61. The fraction of sp³-hybridized carbons (Fsp3) is 0.600. The molecule has 1 aliphatic carbocycles. The first-order valence-corrected chi connectivity index (χ1v) is 14.9. The van der Waals surface area contributed by atoms with E-state index in [1.165, 1.54) is 5.06 Å². The molecule has 45 heavy (non-hydrogen) atoms. The molecule has 3 aliphatic rings. The number of benzene rings is 1. The summed E-state index contributed by atoms with van der Waals surface area (Å²) in [4.78, 5) is 50.5. The van der Waals surface area contributed by atoms with E-state index >= 15 is 0 Å². The van der Waals surface area contributed by atoms with Crippen molar-refractivity contribution >= 4 is 24.2 Å². The first kappa shape index (κ1) is 32.2. The first-order chi connectivity index (χ1) is 21.2. The maximum Gasteiger partial charge on any atom is 0.414 e. The van der Waals surface area contributed by atoms with Crippen molar-refractivity contribution in [2.45, 2.75) is 96.7 Å². The van der Waals surface area contributed by atoms with Gasteiger partial charge < -0.3 is 23.9 Å². The Bertz CT molecular complexity index is 1400. The van der Waals surface area contributed by atoms with E-state index in [4.69, 9.17) is 18.7 Å². The molecule has 5 rings (SSSR count). The predicted octanol–water partition coefficient (Wildman–Crippen LogP) is 3.97. The maximum absolute atomic E-state index is 13.5. The molecule has 2 saturated heterocycles. The Labute approximate surface area is 261 Å². The number of nitrogens with zero attached hydrogens (tertiary/aromatic N) is 5. The average molecular weight is 628 g/mol. The van der Waals surface area contributed by atoms with E-state index in [-0.39, 0.29) is 41.8 Å². The Morgan fingerprint density at radius 1 is 1.07 bits per heavy atom. The minimum absolute atomic E-state index is 0.0715. The molecule has 15 heteroatoms. The lowest BCUT2D eigenvalue weighted by molar-refractivity contribution is -0.153. The van der Waals surface area contributed by atoms with Crippen molar-refractivity contribution in [3.05, 3.63) is 47.7 Å². The lowest BCUT2D eigenvalue weighted by Gasteiger charge is -2.35. The van der Waals surface area contributed by atoms with Crippen LogP contribution in [0.15, 0.2) is 39.7 Å². The van der Waals surface area contributed by atoms with Gasteiger partial charge in [-0.15, -0.1) is 10.2 Å². The number of aliphatic imine (C=N–C) groups is 1. The molecule has 1 unspecified atom stereocenters. The number of rotatable bonds is 7. The maximum atomic E-state index is 13.5. The van der Waals surface area contributed by atoms with Gasteiger partial charge in [0, 0.05) is 6.54 Å². The largest absolute Gasteiger partial charge is 0.444 e. The summed E-state index contributed by atoms with van der Waals surface area (Å²) in [6.45, 7) is 10.2. The summed E-state index contributed by atoms with van der Waals surface area (Å²) in [6.07, 6.45) is 0.730. The van der Waals surface area contributed by atoms with Crippen LogP contribution in [0.5, 0.6) is 0 Å². The summed E-state index contributed by atoms with van der Waals surface area (Å²) in [5, 5.41) is 24.8. The van der Waals surface area contributed by atoms with E-state index in [9.17, 15) is 19.5 Å². The minimum atomic E-state index is -1.17. The molecule has 0 radical (unpaired) electrons. The third-order valence-electron chi connectivity index (χ3n) is 7.60. The smallest absolute Gasteiger partial charge is 0.414 e. The monoisotopic (exact) mass is 627 g/mol. The van der Waals surface area contributed by atoms with Crippen LogP contribution in [-0.4, -0.2) is 79.8 Å². The third-order valence-corrected chi connectivity index (χ3v) is 7.60. The summed E-state index contributed by atoms with van der Waals surface area (Å²) >= 11 is 0. The molecule has 4 amide bonds. The van der Waals surface area contributed by atoms with Crippen LogP contribution in [0, 0.1) is 5.41 Å². The number of aliphatic hydroxyl groups excluding tert-OH is 1. The van der Waals surface area contributed by atoms with Gasteiger partial charge in [-0.3, -0.25) is 15.5 Å². The first-order valence-electron chi connectivity index (χ1n) is 14.9. The number of nitrogens with one attached hydrogen (secondary N) is 2. The van der Waals surface area contributed by atoms with E-state index in [2.05, 4.69) is 25.8 Å². The quantitative estimate of drug-likeness (QED) is 0.300. The van der Waals surface area contributed by atoms with Crippen LogP contribution in [0.2, 0.25) is 0 Å². The summed E-state index contributed by atoms with van der Waals surface area (Å²) in [5.41, 5.74) is -0.811. The van der Waals surface area contributed by atoms with Gasteiger partial charge in [-0.1, -0.05) is 30.3 Å². The number of alkyl carbamates (subject to hydrolysis) is 2. The zero-order valence-electron chi connectivity index (χ0n) is 26.4. The van der Waals surface area contributed by atoms with Crippen LogP contribution >= 0.6 is 0 Å². The molecule has 3 fully saturated rings. The zero-order valence-corrected chi connectivity index (χ0v) is 26.4. The number of guanidine groups is 1. The predicted molar refractivity (Wildman–Crippen MR) is 158 cm³/mol. The van der Waals surface area contributed by atoms with Crippen LogP contribution in [0.3, 0.4) is 0 Å². The van der Waals surface area contributed by atoms with Crippen molar-refractivity contribution in [1.82, 2.24) is 30.8 Å². The normalized spacial score (nSPS) is 20.9. The topological polar surface area (TPSA) is 181 Å². The Kier molecular flexibility index (Phi) is 8.77. The van der Waals surface area contributed by atoms with Crippen LogP contribution in [0.1, 0.15) is 90.2 Å². The molecular formula is C30H41N7O8. The Hall–Kier alpha value is -4.24. The molecular weight excluding hydrogens is 586 g/mol. The number of amides is 4. The van der Waals surface area contributed by atoms with Gasteiger partial charge in [-0.2, -0.15) is 5.06 Å². The fourth-order valence-corrected chi connectivity index (χ4v) is 5.46. The summed E-state index contributed by atoms with van der Waals surface area (Å²) in [5.74, 6) is -0.225. The SMILES string of the molecule is CC(C)(C)OC(=O)NC(=NC(CO)c1nnc([C@@H]2CC3(CC3)[C@H]3CN2C(=O)N3OCc2ccccc2)o1)NC(=O)OC(C)(C)C. The highest BCUT2D eigenvalue weighted by atomic mass is 16.7. The van der Waals surface area contributed by atoms with Crippen molar-refractivity contribution < 1.29 is 38.2 Å². The van der Waals surface area contributed by atoms with E-state index in [1.807, 2.05) is 30.3 Å². The minimum Gasteiger partial charge on any atom is -0.444 e. The second-order valence-electron chi connectivity index (χ2n) is 13.5. The second kappa shape index (κ2) is 12.3. The average Bonchev–Trinajstić information content (AvgIpc) is 3.41.